The summed E-state index contributed by atoms with van der Waals surface area (Å²) in [6.45, 7) is 3.82. The Bertz CT molecular complexity index is 2180. The average molecular weight is 756 g/mol. The Hall–Kier alpha value is -6.11. The van der Waals surface area contributed by atoms with Crippen molar-refractivity contribution in [2.45, 2.75) is 69.2 Å². The Morgan fingerprint density at radius 2 is 1.21 bits per heavy atom. The van der Waals surface area contributed by atoms with Crippen molar-refractivity contribution in [1.82, 2.24) is 14.8 Å². The van der Waals surface area contributed by atoms with Gasteiger partial charge in [-0.25, -0.2) is 4.98 Å². The van der Waals surface area contributed by atoms with Gasteiger partial charge >= 0.3 is 0 Å². The van der Waals surface area contributed by atoms with E-state index in [-0.39, 0.29) is 24.3 Å². The molecule has 0 saturated carbocycles. The minimum atomic E-state index is -1.76. The third-order valence-corrected chi connectivity index (χ3v) is 10.7. The molecule has 2 aliphatic heterocycles. The third kappa shape index (κ3) is 7.98. The van der Waals surface area contributed by atoms with Crippen LogP contribution in [0.4, 0.5) is 11.4 Å². The fourth-order valence-corrected chi connectivity index (χ4v) is 7.54. The molecule has 4 amide bonds. The van der Waals surface area contributed by atoms with Crippen LogP contribution in [0.15, 0.2) is 120 Å². The molecular formula is C44H45N5O7. The molecule has 4 aromatic carbocycles. The van der Waals surface area contributed by atoms with E-state index in [1.165, 1.54) is 18.7 Å². The number of nitrogens with zero attached hydrogens (tertiary/aromatic N) is 3. The van der Waals surface area contributed by atoms with Gasteiger partial charge in [0.2, 0.25) is 17.7 Å². The minimum absolute atomic E-state index is 0.114. The SMILES string of the molecule is CC(O)(C(=O)N1CCC[C@H]1C(=O)Nc1ccc(-c2ncc(-c3ccc(NC(=O)C[C@@H]4CCCN4C(=O)[C@@](C)(O)c4ccccc4)cc3)o2)cc1)c1ccccc1. The third-order valence-electron chi connectivity index (χ3n) is 10.7. The summed E-state index contributed by atoms with van der Waals surface area (Å²) in [7, 11) is 0. The van der Waals surface area contributed by atoms with Crippen LogP contribution in [0.1, 0.15) is 57.1 Å². The molecule has 2 aliphatic rings. The number of likely N-dealkylation sites (tertiary alicyclic amines) is 2. The number of amides is 4. The first-order valence-corrected chi connectivity index (χ1v) is 18.9. The van der Waals surface area contributed by atoms with E-state index in [1.54, 1.807) is 96.0 Å². The number of hydrogen-bond donors (Lipinski definition) is 4. The molecular weight excluding hydrogens is 711 g/mol. The Morgan fingerprint density at radius 3 is 1.82 bits per heavy atom. The second-order valence-corrected chi connectivity index (χ2v) is 14.8. The molecule has 0 bridgehead atoms. The standard InChI is InChI=1S/C44H45N5O7/c1-43(54,31-11-5-3-6-12-31)41(52)48-25-9-15-35(48)27-38(50)46-33-21-17-29(18-22-33)37-28-45-40(56-37)30-19-23-34(24-20-30)47-39(51)36-16-10-26-49(36)42(53)44(2,55)32-13-7-4-8-14-32/h3-8,11-14,17-24,28,35-36,54-55H,9-10,15-16,25-27H2,1-2H3,(H,46,50)(H,47,51)/t35-,36-,43-,44?/m0/s1. The first-order valence-electron chi connectivity index (χ1n) is 18.9. The van der Waals surface area contributed by atoms with Crippen molar-refractivity contribution in [2.75, 3.05) is 23.7 Å². The Morgan fingerprint density at radius 1 is 0.696 bits per heavy atom. The molecule has 12 nitrogen and oxygen atoms in total. The van der Waals surface area contributed by atoms with Gasteiger partial charge in [0.25, 0.3) is 11.8 Å². The average Bonchev–Trinajstić information content (AvgIpc) is 4.01. The van der Waals surface area contributed by atoms with E-state index in [0.717, 1.165) is 12.0 Å². The van der Waals surface area contributed by atoms with Crippen LogP contribution in [-0.2, 0) is 30.4 Å². The van der Waals surface area contributed by atoms with Crippen molar-refractivity contribution in [3.63, 3.8) is 0 Å². The van der Waals surface area contributed by atoms with E-state index in [9.17, 15) is 29.4 Å². The van der Waals surface area contributed by atoms with Gasteiger partial charge in [-0.1, -0.05) is 60.7 Å². The molecule has 4 N–H and O–H groups in total. The molecule has 12 heteroatoms. The fraction of sp³-hybridized carbons (Fsp3) is 0.295. The van der Waals surface area contributed by atoms with Crippen LogP contribution in [0.25, 0.3) is 22.8 Å². The molecule has 5 aromatic rings. The summed E-state index contributed by atoms with van der Waals surface area (Å²) >= 11 is 0. The number of hydrogen-bond acceptors (Lipinski definition) is 8. The zero-order valence-corrected chi connectivity index (χ0v) is 31.4. The van der Waals surface area contributed by atoms with E-state index in [1.807, 2.05) is 24.3 Å². The van der Waals surface area contributed by atoms with Crippen LogP contribution in [0.3, 0.4) is 0 Å². The van der Waals surface area contributed by atoms with Crippen LogP contribution in [0, 0.1) is 0 Å². The van der Waals surface area contributed by atoms with Gasteiger partial charge in [-0.3, -0.25) is 19.2 Å². The maximum absolute atomic E-state index is 13.4. The van der Waals surface area contributed by atoms with Crippen LogP contribution in [-0.4, -0.2) is 73.8 Å². The Balaban J connectivity index is 0.926. The number of carbonyl (C=O) groups excluding carboxylic acids is 4. The molecule has 3 heterocycles. The number of oxazole rings is 1. The molecule has 2 saturated heterocycles. The molecule has 7 rings (SSSR count). The summed E-state index contributed by atoms with van der Waals surface area (Å²) in [5.41, 5.74) is 0.123. The van der Waals surface area contributed by atoms with Crippen molar-refractivity contribution in [3.8, 4) is 22.8 Å². The summed E-state index contributed by atoms with van der Waals surface area (Å²) in [5, 5.41) is 28.0. The highest BCUT2D eigenvalue weighted by atomic mass is 16.4. The first kappa shape index (κ1) is 38.2. The summed E-state index contributed by atoms with van der Waals surface area (Å²) < 4.78 is 6.06. The van der Waals surface area contributed by atoms with Gasteiger partial charge in [0, 0.05) is 48.1 Å². The summed E-state index contributed by atoms with van der Waals surface area (Å²) in [6, 6.07) is 30.7. The first-order chi connectivity index (χ1) is 26.9. The molecule has 2 fully saturated rings. The Kier molecular flexibility index (Phi) is 10.9. The van der Waals surface area contributed by atoms with Crippen LogP contribution in [0.2, 0.25) is 0 Å². The normalized spacial score (nSPS) is 18.9. The minimum Gasteiger partial charge on any atom is -0.436 e. The highest BCUT2D eigenvalue weighted by Gasteiger charge is 2.43. The van der Waals surface area contributed by atoms with Crippen molar-refractivity contribution >= 4 is 35.0 Å². The smallest absolute Gasteiger partial charge is 0.259 e. The monoisotopic (exact) mass is 755 g/mol. The second-order valence-electron chi connectivity index (χ2n) is 14.8. The Labute approximate surface area is 325 Å². The van der Waals surface area contributed by atoms with Crippen LogP contribution < -0.4 is 10.6 Å². The molecule has 1 aromatic heterocycles. The largest absolute Gasteiger partial charge is 0.436 e. The van der Waals surface area contributed by atoms with Crippen LogP contribution in [0.5, 0.6) is 0 Å². The molecule has 4 atom stereocenters. The predicted octanol–water partition coefficient (Wildman–Crippen LogP) is 6.07. The van der Waals surface area contributed by atoms with Gasteiger partial charge in [0.05, 0.1) is 6.20 Å². The van der Waals surface area contributed by atoms with E-state index in [0.29, 0.717) is 72.1 Å². The van der Waals surface area contributed by atoms with Crippen molar-refractivity contribution in [1.29, 1.82) is 0 Å². The highest BCUT2D eigenvalue weighted by molar-refractivity contribution is 5.99. The number of nitrogens with one attached hydrogen (secondary N) is 2. The molecule has 0 spiro atoms. The van der Waals surface area contributed by atoms with Gasteiger partial charge in [0.15, 0.2) is 17.0 Å². The number of rotatable bonds is 11. The van der Waals surface area contributed by atoms with E-state index >= 15 is 0 Å². The topological polar surface area (TPSA) is 165 Å². The van der Waals surface area contributed by atoms with Crippen molar-refractivity contribution in [3.05, 3.63) is 127 Å². The van der Waals surface area contributed by atoms with E-state index in [4.69, 9.17) is 4.42 Å². The number of aliphatic hydroxyl groups is 2. The number of anilines is 2. The lowest BCUT2D eigenvalue weighted by Crippen LogP contribution is -2.50. The maximum Gasteiger partial charge on any atom is 0.259 e. The van der Waals surface area contributed by atoms with E-state index < -0.39 is 29.1 Å². The second kappa shape index (κ2) is 15.9. The van der Waals surface area contributed by atoms with Gasteiger partial charge in [-0.2, -0.15) is 0 Å². The van der Waals surface area contributed by atoms with Crippen LogP contribution >= 0.6 is 0 Å². The van der Waals surface area contributed by atoms with Gasteiger partial charge in [0.1, 0.15) is 6.04 Å². The number of benzene rings is 4. The zero-order chi connectivity index (χ0) is 39.5. The zero-order valence-electron chi connectivity index (χ0n) is 31.4. The van der Waals surface area contributed by atoms with Gasteiger partial charge in [-0.15, -0.1) is 0 Å². The molecule has 288 valence electrons. The molecule has 56 heavy (non-hydrogen) atoms. The summed E-state index contributed by atoms with van der Waals surface area (Å²) in [4.78, 5) is 60.7. The highest BCUT2D eigenvalue weighted by Crippen LogP contribution is 2.32. The molecule has 1 unspecified atom stereocenters. The van der Waals surface area contributed by atoms with Gasteiger partial charge in [-0.05, 0) is 99.2 Å². The molecule has 0 radical (unpaired) electrons. The number of carbonyl (C=O) groups is 4. The van der Waals surface area contributed by atoms with Gasteiger partial charge < -0.3 is 35.1 Å². The van der Waals surface area contributed by atoms with Crippen molar-refractivity contribution in [2.24, 2.45) is 0 Å². The quantitative estimate of drug-likeness (QED) is 0.126. The number of aromatic nitrogens is 1. The predicted molar refractivity (Wildman–Crippen MR) is 211 cm³/mol. The summed E-state index contributed by atoms with van der Waals surface area (Å²) in [5.74, 6) is -0.560. The van der Waals surface area contributed by atoms with E-state index in [2.05, 4.69) is 15.6 Å². The maximum atomic E-state index is 13.4. The lowest BCUT2D eigenvalue weighted by Gasteiger charge is -2.32. The molecule has 0 aliphatic carbocycles. The fourth-order valence-electron chi connectivity index (χ4n) is 7.54. The summed E-state index contributed by atoms with van der Waals surface area (Å²) in [6.07, 6.45) is 4.31. The lowest BCUT2D eigenvalue weighted by molar-refractivity contribution is -0.153. The van der Waals surface area contributed by atoms with Crippen molar-refractivity contribution < 1.29 is 33.8 Å². The lowest BCUT2D eigenvalue weighted by atomic mass is 9.94.